The van der Waals surface area contributed by atoms with Crippen molar-refractivity contribution in [1.29, 1.82) is 0 Å². The first-order chi connectivity index (χ1) is 6.59. The Balaban J connectivity index is 4.00. The van der Waals surface area contributed by atoms with Crippen LogP contribution in [-0.2, 0) is 6.20 Å². The minimum atomic E-state index is -0.822. The fourth-order valence-corrected chi connectivity index (χ4v) is 4.56. The maximum absolute atomic E-state index is 5.86. The van der Waals surface area contributed by atoms with Crippen molar-refractivity contribution in [3.63, 3.8) is 0 Å². The van der Waals surface area contributed by atoms with Crippen LogP contribution in [0, 0.1) is 0 Å². The molecule has 0 aliphatic carbocycles. The van der Waals surface area contributed by atoms with Crippen molar-refractivity contribution in [3.05, 3.63) is 0 Å². The number of hydrogen-bond donors (Lipinski definition) is 0. The quantitative estimate of drug-likeness (QED) is 0.225. The van der Waals surface area contributed by atoms with Crippen LogP contribution in [0.1, 0.15) is 27.7 Å². The van der Waals surface area contributed by atoms with Gasteiger partial charge in [-0.2, -0.15) is 0 Å². The van der Waals surface area contributed by atoms with Gasteiger partial charge in [0, 0.05) is 0 Å². The predicted molar refractivity (Wildman–Crippen MR) is 99.7 cm³/mol. The van der Waals surface area contributed by atoms with Gasteiger partial charge in [0.25, 0.3) is 0 Å². The van der Waals surface area contributed by atoms with Crippen LogP contribution in [-0.4, -0.2) is 36.8 Å². The summed E-state index contributed by atoms with van der Waals surface area (Å²) in [5.74, 6) is 0. The average Bonchev–Trinajstić information content (AvgIpc) is 2.02. The van der Waals surface area contributed by atoms with E-state index in [0.29, 0.717) is 3.86 Å². The van der Waals surface area contributed by atoms with Gasteiger partial charge in [-0.1, -0.05) is 0 Å². The summed E-state index contributed by atoms with van der Waals surface area (Å²) in [6, 6.07) is 0. The fraction of sp³-hybridized carbons (Fsp3) is 1.00. The van der Waals surface area contributed by atoms with Gasteiger partial charge in [0.2, 0.25) is 0 Å². The number of hydrogen-bond acceptors (Lipinski definition) is 2. The second-order valence-corrected chi connectivity index (χ2v) is 15.1. The summed E-state index contributed by atoms with van der Waals surface area (Å²) < 4.78 is 12.6. The Morgan fingerprint density at radius 3 is 1.27 bits per heavy atom. The summed E-state index contributed by atoms with van der Waals surface area (Å²) >= 11 is 8.71. The molecule has 0 unspecified atom stereocenters. The molecule has 0 rings (SSSR count). The van der Waals surface area contributed by atoms with Gasteiger partial charge in [-0.25, -0.2) is 0 Å². The van der Waals surface area contributed by atoms with Gasteiger partial charge < -0.3 is 0 Å². The van der Waals surface area contributed by atoms with E-state index in [-0.39, 0.29) is 11.2 Å². The Labute approximate surface area is 158 Å². The third kappa shape index (κ3) is 7.71. The van der Waals surface area contributed by atoms with E-state index in [9.17, 15) is 0 Å². The van der Waals surface area contributed by atoms with Crippen LogP contribution in [0.4, 0.5) is 0 Å². The van der Waals surface area contributed by atoms with Crippen LogP contribution in [0.15, 0.2) is 0 Å². The molecule has 0 aliphatic rings. The number of alkyl halides is 4. The fourth-order valence-electron chi connectivity index (χ4n) is 0.265. The SMILES string of the molecule is CC(C)(O[Te]OC(C)(C)C(I)I)C(I)I. The maximum atomic E-state index is 5.86. The molecule has 0 saturated carbocycles. The third-order valence-electron chi connectivity index (χ3n) is 1.55. The van der Waals surface area contributed by atoms with Gasteiger partial charge in [0.05, 0.1) is 0 Å². The summed E-state index contributed by atoms with van der Waals surface area (Å²) in [4.78, 5) is 0. The molecule has 0 saturated heterocycles. The van der Waals surface area contributed by atoms with Gasteiger partial charge in [-0.05, 0) is 0 Å². The van der Waals surface area contributed by atoms with Crippen molar-refractivity contribution in [2.75, 3.05) is 0 Å². The molecule has 15 heavy (non-hydrogen) atoms. The standard InChI is InChI=1S/C8H14I4O2Te/c1-7(2,5(9)10)13-15-14-8(3,4)6(11)12/h5-6H,1-4H3. The molecular weight excluding hydrogens is 763 g/mol. The van der Waals surface area contributed by atoms with Crippen LogP contribution in [0.5, 0.6) is 0 Å². The molecule has 92 valence electrons. The van der Waals surface area contributed by atoms with E-state index in [1.54, 1.807) is 0 Å². The first kappa shape index (κ1) is 18.6. The second-order valence-electron chi connectivity index (χ2n) is 4.04. The van der Waals surface area contributed by atoms with E-state index >= 15 is 0 Å². The molecule has 0 atom stereocenters. The van der Waals surface area contributed by atoms with E-state index in [4.69, 9.17) is 6.20 Å². The van der Waals surface area contributed by atoms with Gasteiger partial charge in [0.1, 0.15) is 0 Å². The van der Waals surface area contributed by atoms with Crippen molar-refractivity contribution < 1.29 is 6.20 Å². The molecular formula is C8H14I4O2Te. The molecule has 0 N–H and O–H groups in total. The summed E-state index contributed by atoms with van der Waals surface area (Å²) in [6.45, 7) is 8.46. The van der Waals surface area contributed by atoms with E-state index < -0.39 is 21.7 Å². The molecule has 2 nitrogen and oxygen atoms in total. The Hall–Kier alpha value is 3.63. The van der Waals surface area contributed by atoms with Crippen LogP contribution in [0.3, 0.4) is 0 Å². The molecule has 0 spiro atoms. The monoisotopic (exact) mass is 780 g/mol. The molecule has 0 aromatic rings. The molecule has 0 aromatic heterocycles. The Morgan fingerprint density at radius 2 is 1.07 bits per heavy atom. The zero-order chi connectivity index (χ0) is 12.3. The molecule has 0 radical (unpaired) electrons. The zero-order valence-corrected chi connectivity index (χ0v) is 19.9. The molecule has 0 amide bonds. The molecule has 7 heteroatoms. The van der Waals surface area contributed by atoms with Crippen LogP contribution < -0.4 is 0 Å². The van der Waals surface area contributed by atoms with E-state index in [1.165, 1.54) is 0 Å². The van der Waals surface area contributed by atoms with Crippen LogP contribution in [0.2, 0.25) is 0 Å². The normalized spacial score (nSPS) is 14.0. The first-order valence-corrected chi connectivity index (χ1v) is 11.1. The summed E-state index contributed by atoms with van der Waals surface area (Å²) in [5.41, 5.74) is -0.184. The first-order valence-electron chi connectivity index (χ1n) is 4.19. The van der Waals surface area contributed by atoms with Crippen molar-refractivity contribution in [2.24, 2.45) is 0 Å². The minimum absolute atomic E-state index is 0.0918. The predicted octanol–water partition coefficient (Wildman–Crippen LogP) is 4.50. The molecule has 0 heterocycles. The zero-order valence-electron chi connectivity index (χ0n) is 8.89. The van der Waals surface area contributed by atoms with Crippen LogP contribution in [0.25, 0.3) is 0 Å². The Kier molecular flexibility index (Phi) is 9.98. The average molecular weight is 777 g/mol. The summed E-state index contributed by atoms with van der Waals surface area (Å²) in [7, 11) is 0. The van der Waals surface area contributed by atoms with E-state index in [1.807, 2.05) is 0 Å². The summed E-state index contributed by atoms with van der Waals surface area (Å²) in [6.07, 6.45) is 0. The van der Waals surface area contributed by atoms with E-state index in [2.05, 4.69) is 118 Å². The van der Waals surface area contributed by atoms with Gasteiger partial charge in [-0.3, -0.25) is 0 Å². The van der Waals surface area contributed by atoms with Crippen LogP contribution >= 0.6 is 90.4 Å². The second kappa shape index (κ2) is 8.04. The molecule has 0 bridgehead atoms. The van der Waals surface area contributed by atoms with Gasteiger partial charge >= 0.3 is 161 Å². The van der Waals surface area contributed by atoms with Crippen molar-refractivity contribution >= 4 is 112 Å². The third-order valence-corrected chi connectivity index (χ3v) is 10.4. The van der Waals surface area contributed by atoms with Crippen molar-refractivity contribution in [2.45, 2.75) is 42.8 Å². The summed E-state index contributed by atoms with van der Waals surface area (Å²) in [5, 5.41) is 0. The van der Waals surface area contributed by atoms with Gasteiger partial charge in [-0.15, -0.1) is 0 Å². The van der Waals surface area contributed by atoms with Crippen molar-refractivity contribution in [3.8, 4) is 0 Å². The van der Waals surface area contributed by atoms with Crippen molar-refractivity contribution in [1.82, 2.24) is 0 Å². The molecule has 0 aromatic carbocycles. The number of rotatable bonds is 6. The Bertz CT molecular complexity index is 177. The van der Waals surface area contributed by atoms with E-state index in [0.717, 1.165) is 0 Å². The van der Waals surface area contributed by atoms with Gasteiger partial charge in [0.15, 0.2) is 0 Å². The molecule has 0 aliphatic heterocycles. The number of halogens is 4. The molecule has 0 fully saturated rings. The Morgan fingerprint density at radius 1 is 0.800 bits per heavy atom. The topological polar surface area (TPSA) is 18.5 Å².